The maximum atomic E-state index is 11.6. The molecule has 1 saturated carbocycles. The van der Waals surface area contributed by atoms with Gasteiger partial charge in [0.15, 0.2) is 0 Å². The van der Waals surface area contributed by atoms with E-state index in [4.69, 9.17) is 5.11 Å². The van der Waals surface area contributed by atoms with Crippen LogP contribution in [0.25, 0.3) is 0 Å². The van der Waals surface area contributed by atoms with E-state index in [-0.39, 0.29) is 12.1 Å². The van der Waals surface area contributed by atoms with Crippen LogP contribution >= 0.6 is 0 Å². The van der Waals surface area contributed by atoms with Gasteiger partial charge in [-0.1, -0.05) is 34.1 Å². The second-order valence-electron chi connectivity index (χ2n) is 5.77. The van der Waals surface area contributed by atoms with Gasteiger partial charge in [-0.15, -0.1) is 0 Å². The molecule has 1 aliphatic carbocycles. The third kappa shape index (κ3) is 3.91. The van der Waals surface area contributed by atoms with Crippen LogP contribution < -0.4 is 10.6 Å². The Balaban J connectivity index is 2.45. The van der Waals surface area contributed by atoms with Crippen molar-refractivity contribution in [1.82, 2.24) is 10.6 Å². The summed E-state index contributed by atoms with van der Waals surface area (Å²) >= 11 is 0. The second-order valence-corrected chi connectivity index (χ2v) is 5.77. The number of hydrogen-bond acceptors (Lipinski definition) is 2. The molecule has 0 aromatic heterocycles. The fraction of sp³-hybridized carbons (Fsp3) is 0.833. The Morgan fingerprint density at radius 2 is 2.00 bits per heavy atom. The molecule has 1 aliphatic rings. The van der Waals surface area contributed by atoms with Crippen LogP contribution in [0.5, 0.6) is 0 Å². The predicted molar refractivity (Wildman–Crippen MR) is 64.7 cm³/mol. The van der Waals surface area contributed by atoms with Crippen molar-refractivity contribution >= 4 is 12.0 Å². The van der Waals surface area contributed by atoms with Crippen LogP contribution in [-0.4, -0.2) is 29.2 Å². The highest BCUT2D eigenvalue weighted by atomic mass is 16.4. The number of amides is 2. The molecule has 2 amide bonds. The molecule has 1 rings (SSSR count). The number of hydrogen-bond donors (Lipinski definition) is 3. The number of aliphatic carboxylic acids is 1. The minimum Gasteiger partial charge on any atom is -0.480 e. The second kappa shape index (κ2) is 4.94. The molecule has 0 aromatic carbocycles. The van der Waals surface area contributed by atoms with Gasteiger partial charge in [-0.3, -0.25) is 0 Å². The van der Waals surface area contributed by atoms with Gasteiger partial charge in [-0.05, 0) is 17.8 Å². The number of carbonyl (C=O) groups excluding carboxylic acids is 1. The molecular formula is C12H22N2O3. The zero-order valence-electron chi connectivity index (χ0n) is 10.9. The molecule has 5 heteroatoms. The van der Waals surface area contributed by atoms with Gasteiger partial charge in [0.25, 0.3) is 0 Å². The third-order valence-corrected chi connectivity index (χ3v) is 3.15. The number of urea groups is 1. The van der Waals surface area contributed by atoms with Crippen molar-refractivity contribution in [3.63, 3.8) is 0 Å². The zero-order chi connectivity index (χ0) is 13.2. The summed E-state index contributed by atoms with van der Waals surface area (Å²) < 4.78 is 0. The molecule has 1 fully saturated rings. The SMILES string of the molecule is CCC1CC1NC(=O)NC(C(=O)O)C(C)(C)C. The van der Waals surface area contributed by atoms with Gasteiger partial charge in [-0.25, -0.2) is 9.59 Å². The Morgan fingerprint density at radius 1 is 1.41 bits per heavy atom. The predicted octanol–water partition coefficient (Wildman–Crippen LogP) is 1.58. The molecule has 0 bridgehead atoms. The van der Waals surface area contributed by atoms with E-state index in [2.05, 4.69) is 17.6 Å². The molecule has 0 aromatic rings. The smallest absolute Gasteiger partial charge is 0.326 e. The van der Waals surface area contributed by atoms with E-state index in [1.807, 2.05) is 0 Å². The lowest BCUT2D eigenvalue weighted by molar-refractivity contribution is -0.141. The molecule has 3 unspecified atom stereocenters. The lowest BCUT2D eigenvalue weighted by Crippen LogP contribution is -2.52. The molecule has 3 atom stereocenters. The molecule has 0 radical (unpaired) electrons. The van der Waals surface area contributed by atoms with Gasteiger partial charge >= 0.3 is 12.0 Å². The maximum Gasteiger partial charge on any atom is 0.326 e. The number of carbonyl (C=O) groups is 2. The van der Waals surface area contributed by atoms with Gasteiger partial charge in [0, 0.05) is 6.04 Å². The lowest BCUT2D eigenvalue weighted by atomic mass is 9.87. The first-order chi connectivity index (χ1) is 7.75. The van der Waals surface area contributed by atoms with Crippen molar-refractivity contribution < 1.29 is 14.7 Å². The van der Waals surface area contributed by atoms with E-state index in [1.165, 1.54) is 0 Å². The summed E-state index contributed by atoms with van der Waals surface area (Å²) in [6, 6.07) is -1.04. The third-order valence-electron chi connectivity index (χ3n) is 3.15. The van der Waals surface area contributed by atoms with Gasteiger partial charge in [-0.2, -0.15) is 0 Å². The molecule has 98 valence electrons. The van der Waals surface area contributed by atoms with Crippen molar-refractivity contribution in [2.24, 2.45) is 11.3 Å². The molecule has 0 spiro atoms. The molecule has 17 heavy (non-hydrogen) atoms. The molecule has 5 nitrogen and oxygen atoms in total. The van der Waals surface area contributed by atoms with Crippen LogP contribution in [0.15, 0.2) is 0 Å². The Hall–Kier alpha value is -1.26. The summed E-state index contributed by atoms with van der Waals surface area (Å²) in [6.45, 7) is 7.45. The quantitative estimate of drug-likeness (QED) is 0.700. The Kier molecular flexibility index (Phi) is 4.01. The summed E-state index contributed by atoms with van der Waals surface area (Å²) in [5.74, 6) is -0.450. The number of rotatable bonds is 4. The van der Waals surface area contributed by atoms with Gasteiger partial charge in [0.2, 0.25) is 0 Å². The highest BCUT2D eigenvalue weighted by Gasteiger charge is 2.38. The fourth-order valence-electron chi connectivity index (χ4n) is 1.87. The number of carboxylic acids is 1. The molecule has 0 saturated heterocycles. The minimum atomic E-state index is -1.00. The molecular weight excluding hydrogens is 220 g/mol. The van der Waals surface area contributed by atoms with E-state index in [9.17, 15) is 9.59 Å². The first-order valence-corrected chi connectivity index (χ1v) is 6.05. The van der Waals surface area contributed by atoms with Crippen molar-refractivity contribution in [2.75, 3.05) is 0 Å². The summed E-state index contributed by atoms with van der Waals surface area (Å²) in [5.41, 5.74) is -0.503. The normalized spacial score (nSPS) is 24.9. The lowest BCUT2D eigenvalue weighted by Gasteiger charge is -2.27. The Bertz CT molecular complexity index is 309. The van der Waals surface area contributed by atoms with E-state index in [0.29, 0.717) is 5.92 Å². The van der Waals surface area contributed by atoms with Crippen LogP contribution in [-0.2, 0) is 4.79 Å². The average molecular weight is 242 g/mol. The van der Waals surface area contributed by atoms with E-state index in [1.54, 1.807) is 20.8 Å². The Morgan fingerprint density at radius 3 is 2.35 bits per heavy atom. The largest absolute Gasteiger partial charge is 0.480 e. The van der Waals surface area contributed by atoms with Crippen LogP contribution in [0, 0.1) is 11.3 Å². The van der Waals surface area contributed by atoms with Crippen molar-refractivity contribution in [2.45, 2.75) is 52.6 Å². The molecule has 3 N–H and O–H groups in total. The number of carboxylic acid groups (broad SMARTS) is 1. The topological polar surface area (TPSA) is 78.4 Å². The van der Waals surface area contributed by atoms with Gasteiger partial charge in [0.05, 0.1) is 0 Å². The number of nitrogens with one attached hydrogen (secondary N) is 2. The van der Waals surface area contributed by atoms with Crippen LogP contribution in [0.4, 0.5) is 4.79 Å². The van der Waals surface area contributed by atoms with Crippen LogP contribution in [0.2, 0.25) is 0 Å². The standard InChI is InChI=1S/C12H22N2O3/c1-5-7-6-8(7)13-11(17)14-9(10(15)16)12(2,3)4/h7-9H,5-6H2,1-4H3,(H,15,16)(H2,13,14,17). The minimum absolute atomic E-state index is 0.217. The van der Waals surface area contributed by atoms with Gasteiger partial charge < -0.3 is 15.7 Å². The average Bonchev–Trinajstić information content (AvgIpc) is 2.90. The zero-order valence-corrected chi connectivity index (χ0v) is 10.9. The van der Waals surface area contributed by atoms with E-state index < -0.39 is 17.4 Å². The highest BCUT2D eigenvalue weighted by molar-refractivity contribution is 5.83. The summed E-state index contributed by atoms with van der Waals surface area (Å²) in [7, 11) is 0. The van der Waals surface area contributed by atoms with Gasteiger partial charge in [0.1, 0.15) is 6.04 Å². The fourth-order valence-corrected chi connectivity index (χ4v) is 1.87. The van der Waals surface area contributed by atoms with Crippen LogP contribution in [0.1, 0.15) is 40.5 Å². The first-order valence-electron chi connectivity index (χ1n) is 6.05. The van der Waals surface area contributed by atoms with E-state index in [0.717, 1.165) is 12.8 Å². The summed E-state index contributed by atoms with van der Waals surface area (Å²) in [4.78, 5) is 22.7. The molecule has 0 aliphatic heterocycles. The summed E-state index contributed by atoms with van der Waals surface area (Å²) in [6.07, 6.45) is 2.05. The summed E-state index contributed by atoms with van der Waals surface area (Å²) in [5, 5.41) is 14.4. The van der Waals surface area contributed by atoms with Crippen molar-refractivity contribution in [3.05, 3.63) is 0 Å². The Labute approximate surface area is 102 Å². The van der Waals surface area contributed by atoms with E-state index >= 15 is 0 Å². The molecule has 0 heterocycles. The first kappa shape index (κ1) is 13.8. The van der Waals surface area contributed by atoms with Crippen LogP contribution in [0.3, 0.4) is 0 Å². The highest BCUT2D eigenvalue weighted by Crippen LogP contribution is 2.33. The maximum absolute atomic E-state index is 11.6. The monoisotopic (exact) mass is 242 g/mol. The van der Waals surface area contributed by atoms with Crippen molar-refractivity contribution in [1.29, 1.82) is 0 Å². The van der Waals surface area contributed by atoms with Crippen molar-refractivity contribution in [3.8, 4) is 0 Å².